The molecule has 4 aliphatic heterocycles. The number of amides is 1. The topological polar surface area (TPSA) is 120 Å². The van der Waals surface area contributed by atoms with E-state index in [1.165, 1.54) is 15.2 Å². The molecule has 49 heavy (non-hydrogen) atoms. The van der Waals surface area contributed by atoms with Crippen molar-refractivity contribution in [2.75, 3.05) is 56.2 Å². The number of piperazine rings is 1. The van der Waals surface area contributed by atoms with Crippen LogP contribution in [-0.2, 0) is 37.8 Å². The highest BCUT2D eigenvalue weighted by molar-refractivity contribution is 6.06. The minimum Gasteiger partial charge on any atom is -0.392 e. The smallest absolute Gasteiger partial charge is 0.279 e. The van der Waals surface area contributed by atoms with Gasteiger partial charge < -0.3 is 34.5 Å². The molecule has 0 radical (unpaired) electrons. The van der Waals surface area contributed by atoms with Crippen LogP contribution in [0, 0.1) is 5.82 Å². The van der Waals surface area contributed by atoms with Gasteiger partial charge in [0.05, 0.1) is 32.4 Å². The Hall–Kier alpha value is -4.46. The normalized spacial score (nSPS) is 21.4. The second-order valence-electron chi connectivity index (χ2n) is 13.7. The van der Waals surface area contributed by atoms with Gasteiger partial charge in [-0.1, -0.05) is 0 Å². The number of aromatic nitrogens is 3. The van der Waals surface area contributed by atoms with E-state index in [1.54, 1.807) is 31.6 Å². The van der Waals surface area contributed by atoms with E-state index in [-0.39, 0.29) is 11.3 Å². The molecule has 3 N–H and O–H groups in total. The van der Waals surface area contributed by atoms with Crippen LogP contribution in [0.3, 0.4) is 0 Å². The molecule has 1 atom stereocenters. The van der Waals surface area contributed by atoms with Crippen molar-refractivity contribution in [2.24, 2.45) is 7.05 Å². The fourth-order valence-corrected chi connectivity index (χ4v) is 8.09. The molecule has 0 spiro atoms. The van der Waals surface area contributed by atoms with Crippen molar-refractivity contribution < 1.29 is 19.0 Å². The van der Waals surface area contributed by atoms with Crippen molar-refractivity contribution in [3.8, 4) is 11.1 Å². The number of rotatable bonds is 7. The lowest BCUT2D eigenvalue weighted by molar-refractivity contribution is -0.0816. The summed E-state index contributed by atoms with van der Waals surface area (Å²) in [4.78, 5) is 38.1. The van der Waals surface area contributed by atoms with Crippen molar-refractivity contribution in [3.63, 3.8) is 0 Å². The molecule has 12 nitrogen and oxygen atoms in total. The second kappa shape index (κ2) is 12.8. The Morgan fingerprint density at radius 2 is 1.96 bits per heavy atom. The van der Waals surface area contributed by atoms with Gasteiger partial charge in [0, 0.05) is 86.3 Å². The molecule has 0 bridgehead atoms. The predicted octanol–water partition coefficient (Wildman–Crippen LogP) is 2.56. The number of carbonyl (C=O) groups excluding carboxylic acids is 1. The zero-order valence-electron chi connectivity index (χ0n) is 28.0. The van der Waals surface area contributed by atoms with Crippen LogP contribution < -0.4 is 21.1 Å². The Bertz CT molecular complexity index is 1930. The second-order valence-corrected chi connectivity index (χ2v) is 13.7. The van der Waals surface area contributed by atoms with Crippen molar-refractivity contribution >= 4 is 17.4 Å². The SMILES string of the molecule is C[C@H]1CN(C2COC2)CCN1C1=CC=C(Nc2cc(-c3ccnc(N4CCn5c6c(c(F)c5C4=O)CCCC6)c3CO)cn(C)c2=O)NC1. The largest absolute Gasteiger partial charge is 0.392 e. The third-order valence-electron chi connectivity index (χ3n) is 10.8. The molecule has 0 saturated carbocycles. The predicted molar refractivity (Wildman–Crippen MR) is 184 cm³/mol. The average molecular weight is 671 g/mol. The summed E-state index contributed by atoms with van der Waals surface area (Å²) in [6.07, 6.45) is 10.7. The van der Waals surface area contributed by atoms with Crippen LogP contribution >= 0.6 is 0 Å². The van der Waals surface area contributed by atoms with E-state index in [0.29, 0.717) is 77.7 Å². The molecule has 2 saturated heterocycles. The maximum atomic E-state index is 15.6. The monoisotopic (exact) mass is 670 g/mol. The summed E-state index contributed by atoms with van der Waals surface area (Å²) in [5.41, 5.74) is 4.77. The standard InChI is InChI=1S/C36H43FN8O4/c1-22-17-42(25-20-49-21-25)11-12-43(22)24-7-8-31(39-16-24)40-29-15-23(18-41(2)35(29)47)26-9-10-38-34(28(26)19-46)45-14-13-44-30-6-4-3-5-27(30)32(37)33(44)36(45)48/h7-10,15,18,22,25,39-40,46H,3-6,11-14,16-17,19-21H2,1-2H3/t22-/m0/s1. The fourth-order valence-electron chi connectivity index (χ4n) is 8.09. The molecule has 1 amide bonds. The number of aliphatic hydroxyl groups is 1. The third-order valence-corrected chi connectivity index (χ3v) is 10.8. The number of halogens is 1. The van der Waals surface area contributed by atoms with E-state index in [4.69, 9.17) is 4.74 Å². The number of aliphatic hydroxyl groups excluding tert-OH is 1. The molecular weight excluding hydrogens is 627 g/mol. The van der Waals surface area contributed by atoms with Crippen LogP contribution in [0.5, 0.6) is 0 Å². The summed E-state index contributed by atoms with van der Waals surface area (Å²) in [6.45, 7) is 7.91. The summed E-state index contributed by atoms with van der Waals surface area (Å²) in [6, 6.07) is 4.45. The van der Waals surface area contributed by atoms with Gasteiger partial charge in [-0.25, -0.2) is 9.37 Å². The molecule has 3 aromatic rings. The number of nitrogens with one attached hydrogen (secondary N) is 2. The van der Waals surface area contributed by atoms with Gasteiger partial charge in [-0.05, 0) is 62.5 Å². The number of dihydropyridines is 1. The van der Waals surface area contributed by atoms with Crippen LogP contribution in [0.1, 0.15) is 47.1 Å². The van der Waals surface area contributed by atoms with Gasteiger partial charge in [0.1, 0.15) is 23.0 Å². The van der Waals surface area contributed by atoms with E-state index >= 15 is 4.39 Å². The van der Waals surface area contributed by atoms with Crippen molar-refractivity contribution in [2.45, 2.75) is 57.8 Å². The van der Waals surface area contributed by atoms with Gasteiger partial charge in [-0.2, -0.15) is 0 Å². The first kappa shape index (κ1) is 31.8. The van der Waals surface area contributed by atoms with Gasteiger partial charge in [0.15, 0.2) is 5.82 Å². The third kappa shape index (κ3) is 5.53. The Balaban J connectivity index is 1.04. The maximum Gasteiger partial charge on any atom is 0.279 e. The number of ether oxygens (including phenoxy) is 1. The number of pyridine rings is 2. The molecule has 0 unspecified atom stereocenters. The van der Waals surface area contributed by atoms with Crippen molar-refractivity contribution in [1.29, 1.82) is 0 Å². The van der Waals surface area contributed by atoms with E-state index in [9.17, 15) is 14.7 Å². The summed E-state index contributed by atoms with van der Waals surface area (Å²) < 4.78 is 24.3. The quantitative estimate of drug-likeness (QED) is 0.349. The van der Waals surface area contributed by atoms with Crippen LogP contribution in [0.25, 0.3) is 11.1 Å². The highest BCUT2D eigenvalue weighted by Crippen LogP contribution is 2.36. The van der Waals surface area contributed by atoms with E-state index in [0.717, 1.165) is 57.8 Å². The van der Waals surface area contributed by atoms with Crippen LogP contribution in [-0.4, -0.2) is 93.0 Å². The van der Waals surface area contributed by atoms with Crippen LogP contribution in [0.15, 0.2) is 53.0 Å². The van der Waals surface area contributed by atoms with Crippen molar-refractivity contribution in [1.82, 2.24) is 29.2 Å². The lowest BCUT2D eigenvalue weighted by atomic mass is 9.97. The molecule has 3 aromatic heterocycles. The number of anilines is 2. The molecule has 2 fully saturated rings. The minimum absolute atomic E-state index is 0.0776. The number of hydrogen-bond acceptors (Lipinski definition) is 9. The fraction of sp³-hybridized carbons (Fsp3) is 0.472. The van der Waals surface area contributed by atoms with Crippen LogP contribution in [0.4, 0.5) is 15.9 Å². The molecule has 258 valence electrons. The first-order valence-electron chi connectivity index (χ1n) is 17.3. The average Bonchev–Trinajstić information content (AvgIpc) is 3.38. The van der Waals surface area contributed by atoms with Gasteiger partial charge >= 0.3 is 0 Å². The molecule has 7 heterocycles. The molecule has 0 aromatic carbocycles. The number of aryl methyl sites for hydroxylation is 1. The Labute approximate surface area is 284 Å². The van der Waals surface area contributed by atoms with Gasteiger partial charge in [-0.3, -0.25) is 19.4 Å². The molecule has 5 aliphatic rings. The lowest BCUT2D eigenvalue weighted by Gasteiger charge is -2.47. The molecule has 8 rings (SSSR count). The minimum atomic E-state index is -0.452. The van der Waals surface area contributed by atoms with E-state index < -0.39 is 18.3 Å². The first-order valence-corrected chi connectivity index (χ1v) is 17.3. The summed E-state index contributed by atoms with van der Waals surface area (Å²) >= 11 is 0. The van der Waals surface area contributed by atoms with E-state index in [1.807, 2.05) is 10.6 Å². The zero-order valence-corrected chi connectivity index (χ0v) is 28.0. The highest BCUT2D eigenvalue weighted by Gasteiger charge is 2.37. The highest BCUT2D eigenvalue weighted by atomic mass is 19.1. The summed E-state index contributed by atoms with van der Waals surface area (Å²) in [5, 5.41) is 17.4. The van der Waals surface area contributed by atoms with Gasteiger partial charge in [-0.15, -0.1) is 0 Å². The van der Waals surface area contributed by atoms with Gasteiger partial charge in [0.25, 0.3) is 11.5 Å². The Morgan fingerprint density at radius 3 is 2.69 bits per heavy atom. The Morgan fingerprint density at radius 1 is 1.12 bits per heavy atom. The lowest BCUT2D eigenvalue weighted by Crippen LogP contribution is -2.59. The van der Waals surface area contributed by atoms with Gasteiger partial charge in [0.2, 0.25) is 0 Å². The summed E-state index contributed by atoms with van der Waals surface area (Å²) in [5.74, 6) is 0.125. The maximum absolute atomic E-state index is 15.6. The Kier molecular flexibility index (Phi) is 8.29. The molecule has 13 heteroatoms. The van der Waals surface area contributed by atoms with Crippen molar-refractivity contribution in [3.05, 3.63) is 86.9 Å². The van der Waals surface area contributed by atoms with E-state index in [2.05, 4.69) is 38.4 Å². The number of hydrogen-bond donors (Lipinski definition) is 3. The molecule has 1 aliphatic carbocycles. The first-order chi connectivity index (χ1) is 23.8. The number of allylic oxidation sites excluding steroid dienone is 2. The molecular formula is C36H43FN8O4. The van der Waals surface area contributed by atoms with Crippen LogP contribution in [0.2, 0.25) is 0 Å². The summed E-state index contributed by atoms with van der Waals surface area (Å²) in [7, 11) is 1.68. The zero-order chi connectivity index (χ0) is 33.8. The number of nitrogens with zero attached hydrogens (tertiary/aromatic N) is 6. The number of fused-ring (bicyclic) bond motifs is 3. The number of carbonyl (C=O) groups is 1.